The first kappa shape index (κ1) is 11.3. The summed E-state index contributed by atoms with van der Waals surface area (Å²) in [5.41, 5.74) is 0. The second kappa shape index (κ2) is 5.20. The molecule has 0 aliphatic heterocycles. The molecule has 1 aromatic heterocycles. The van der Waals surface area contributed by atoms with Crippen LogP contribution in [-0.2, 0) is 0 Å². The van der Waals surface area contributed by atoms with Gasteiger partial charge in [-0.3, -0.25) is 0 Å². The van der Waals surface area contributed by atoms with Crippen molar-refractivity contribution in [3.8, 4) is 11.9 Å². The normalized spacial score (nSPS) is 11.6. The van der Waals surface area contributed by atoms with Gasteiger partial charge in [0.25, 0.3) is 0 Å². The van der Waals surface area contributed by atoms with Crippen LogP contribution in [0.15, 0.2) is 18.2 Å². The number of methoxy groups -OCH3 is 1. The quantitative estimate of drug-likeness (QED) is 0.750. The predicted octanol–water partition coefficient (Wildman–Crippen LogP) is 1.69. The topological polar surface area (TPSA) is 49.1 Å². The molecule has 0 saturated heterocycles. The Morgan fingerprint density at radius 1 is 1.60 bits per heavy atom. The Morgan fingerprint density at radius 3 is 2.93 bits per heavy atom. The number of nitrogens with zero attached hydrogens (tertiary/aromatic N) is 3. The van der Waals surface area contributed by atoms with Crippen LogP contribution in [0.4, 0.5) is 5.82 Å². The molecule has 4 nitrogen and oxygen atoms in total. The van der Waals surface area contributed by atoms with Crippen LogP contribution >= 0.6 is 0 Å². The van der Waals surface area contributed by atoms with Crippen LogP contribution in [-0.4, -0.2) is 25.7 Å². The Bertz CT molecular complexity index is 359. The molecule has 0 amide bonds. The van der Waals surface area contributed by atoms with Gasteiger partial charge >= 0.3 is 0 Å². The summed E-state index contributed by atoms with van der Waals surface area (Å²) in [7, 11) is 3.50. The lowest BCUT2D eigenvalue weighted by Gasteiger charge is -2.19. The smallest absolute Gasteiger partial charge is 0.214 e. The van der Waals surface area contributed by atoms with E-state index in [0.29, 0.717) is 12.4 Å². The summed E-state index contributed by atoms with van der Waals surface area (Å²) in [6.45, 7) is 2.55. The van der Waals surface area contributed by atoms with Gasteiger partial charge in [-0.15, -0.1) is 0 Å². The zero-order chi connectivity index (χ0) is 11.3. The van der Waals surface area contributed by atoms with Gasteiger partial charge in [-0.25, -0.2) is 0 Å². The molecule has 0 saturated carbocycles. The molecule has 1 atom stereocenters. The van der Waals surface area contributed by atoms with E-state index in [1.807, 2.05) is 31.0 Å². The molecule has 1 rings (SSSR count). The maximum absolute atomic E-state index is 8.71. The van der Waals surface area contributed by atoms with Crippen LogP contribution in [0.2, 0.25) is 0 Å². The maximum Gasteiger partial charge on any atom is 0.214 e. The third-order valence-electron chi connectivity index (χ3n) is 2.08. The average molecular weight is 205 g/mol. The van der Waals surface area contributed by atoms with Crippen molar-refractivity contribution in [1.82, 2.24) is 4.98 Å². The van der Waals surface area contributed by atoms with Crippen LogP contribution < -0.4 is 9.64 Å². The van der Waals surface area contributed by atoms with Gasteiger partial charge in [0.05, 0.1) is 19.1 Å². The van der Waals surface area contributed by atoms with Gasteiger partial charge in [-0.1, -0.05) is 6.07 Å². The molecular weight excluding hydrogens is 190 g/mol. The van der Waals surface area contributed by atoms with E-state index in [2.05, 4.69) is 11.1 Å². The number of hydrogen-bond acceptors (Lipinski definition) is 4. The van der Waals surface area contributed by atoms with Gasteiger partial charge < -0.3 is 9.64 Å². The van der Waals surface area contributed by atoms with Gasteiger partial charge in [0, 0.05) is 19.7 Å². The number of nitriles is 1. The van der Waals surface area contributed by atoms with Gasteiger partial charge in [0.2, 0.25) is 5.88 Å². The van der Waals surface area contributed by atoms with Crippen molar-refractivity contribution in [3.05, 3.63) is 18.2 Å². The number of aromatic nitrogens is 1. The summed E-state index contributed by atoms with van der Waals surface area (Å²) in [4.78, 5) is 6.21. The number of ether oxygens (including phenoxy) is 1. The van der Waals surface area contributed by atoms with Gasteiger partial charge in [-0.2, -0.15) is 10.2 Å². The minimum atomic E-state index is -0.0111. The fourth-order valence-electron chi connectivity index (χ4n) is 1.28. The van der Waals surface area contributed by atoms with Crippen molar-refractivity contribution in [1.29, 1.82) is 5.26 Å². The standard InChI is InChI=1S/C11H15N3O/c1-9(7-12)8-14(2)10-5-4-6-11(13-10)15-3/h4-6,9H,8H2,1-3H3. The molecule has 1 aromatic rings. The van der Waals surface area contributed by atoms with E-state index in [1.54, 1.807) is 13.2 Å². The summed E-state index contributed by atoms with van der Waals surface area (Å²) >= 11 is 0. The molecule has 1 heterocycles. The second-order valence-electron chi connectivity index (χ2n) is 3.45. The van der Waals surface area contributed by atoms with Crippen LogP contribution in [0.5, 0.6) is 5.88 Å². The predicted molar refractivity (Wildman–Crippen MR) is 58.8 cm³/mol. The monoisotopic (exact) mass is 205 g/mol. The van der Waals surface area contributed by atoms with Crippen LogP contribution in [0.1, 0.15) is 6.92 Å². The molecule has 80 valence electrons. The van der Waals surface area contributed by atoms with E-state index in [4.69, 9.17) is 10.00 Å². The highest BCUT2D eigenvalue weighted by Gasteiger charge is 2.07. The van der Waals surface area contributed by atoms with E-state index in [0.717, 1.165) is 5.82 Å². The highest BCUT2D eigenvalue weighted by atomic mass is 16.5. The van der Waals surface area contributed by atoms with Gasteiger partial charge in [0.1, 0.15) is 5.82 Å². The zero-order valence-corrected chi connectivity index (χ0v) is 9.27. The molecule has 0 fully saturated rings. The fourth-order valence-corrected chi connectivity index (χ4v) is 1.28. The molecular formula is C11H15N3O. The molecule has 1 unspecified atom stereocenters. The average Bonchev–Trinajstić information content (AvgIpc) is 2.28. The molecule has 0 aliphatic rings. The SMILES string of the molecule is COc1cccc(N(C)CC(C)C#N)n1. The Hall–Kier alpha value is -1.76. The van der Waals surface area contributed by atoms with Crippen molar-refractivity contribution in [2.75, 3.05) is 25.6 Å². The lowest BCUT2D eigenvalue weighted by Crippen LogP contribution is -2.24. The molecule has 4 heteroatoms. The molecule has 0 aromatic carbocycles. The van der Waals surface area contributed by atoms with E-state index in [1.165, 1.54) is 0 Å². The van der Waals surface area contributed by atoms with Gasteiger partial charge in [-0.05, 0) is 13.0 Å². The summed E-state index contributed by atoms with van der Waals surface area (Å²) in [6.07, 6.45) is 0. The van der Waals surface area contributed by atoms with E-state index >= 15 is 0 Å². The lowest BCUT2D eigenvalue weighted by molar-refractivity contribution is 0.398. The molecule has 0 aliphatic carbocycles. The molecule has 0 radical (unpaired) electrons. The highest BCUT2D eigenvalue weighted by molar-refractivity contribution is 5.39. The second-order valence-corrected chi connectivity index (χ2v) is 3.45. The Balaban J connectivity index is 2.73. The van der Waals surface area contributed by atoms with E-state index in [-0.39, 0.29) is 5.92 Å². The molecule has 0 spiro atoms. The minimum Gasteiger partial charge on any atom is -0.481 e. The zero-order valence-electron chi connectivity index (χ0n) is 9.27. The Kier molecular flexibility index (Phi) is 3.92. The van der Waals surface area contributed by atoms with Crippen molar-refractivity contribution in [2.24, 2.45) is 5.92 Å². The van der Waals surface area contributed by atoms with Crippen molar-refractivity contribution >= 4 is 5.82 Å². The number of pyridine rings is 1. The van der Waals surface area contributed by atoms with Crippen molar-refractivity contribution < 1.29 is 4.74 Å². The highest BCUT2D eigenvalue weighted by Crippen LogP contribution is 2.15. The number of rotatable bonds is 4. The molecule has 0 bridgehead atoms. The Labute approximate surface area is 90.1 Å². The molecule has 0 N–H and O–H groups in total. The summed E-state index contributed by atoms with van der Waals surface area (Å²) in [6, 6.07) is 7.77. The first-order chi connectivity index (χ1) is 7.17. The lowest BCUT2D eigenvalue weighted by atomic mass is 10.2. The first-order valence-electron chi connectivity index (χ1n) is 4.79. The summed E-state index contributed by atoms with van der Waals surface area (Å²) in [5, 5.41) is 8.71. The van der Waals surface area contributed by atoms with Crippen LogP contribution in [0, 0.1) is 17.2 Å². The minimum absolute atomic E-state index is 0.0111. The fraction of sp³-hybridized carbons (Fsp3) is 0.455. The van der Waals surface area contributed by atoms with Crippen molar-refractivity contribution in [2.45, 2.75) is 6.92 Å². The Morgan fingerprint density at radius 2 is 2.33 bits per heavy atom. The summed E-state index contributed by atoms with van der Waals surface area (Å²) < 4.78 is 5.03. The molecule has 15 heavy (non-hydrogen) atoms. The third-order valence-corrected chi connectivity index (χ3v) is 2.08. The van der Waals surface area contributed by atoms with Gasteiger partial charge in [0.15, 0.2) is 0 Å². The number of anilines is 1. The van der Waals surface area contributed by atoms with E-state index in [9.17, 15) is 0 Å². The summed E-state index contributed by atoms with van der Waals surface area (Å²) in [5.74, 6) is 1.39. The first-order valence-corrected chi connectivity index (χ1v) is 4.79. The van der Waals surface area contributed by atoms with E-state index < -0.39 is 0 Å². The third kappa shape index (κ3) is 3.13. The van der Waals surface area contributed by atoms with Crippen LogP contribution in [0.3, 0.4) is 0 Å². The number of hydrogen-bond donors (Lipinski definition) is 0. The van der Waals surface area contributed by atoms with Crippen LogP contribution in [0.25, 0.3) is 0 Å². The largest absolute Gasteiger partial charge is 0.481 e. The van der Waals surface area contributed by atoms with Crippen molar-refractivity contribution in [3.63, 3.8) is 0 Å². The maximum atomic E-state index is 8.71.